The van der Waals surface area contributed by atoms with E-state index in [1.807, 2.05) is 58.5 Å². The highest BCUT2D eigenvalue weighted by Gasteiger charge is 2.53. The number of rotatable bonds is 2. The van der Waals surface area contributed by atoms with Crippen LogP contribution in [0.15, 0.2) is 65.7 Å². The molecule has 2 aliphatic heterocycles. The molecule has 0 amide bonds. The van der Waals surface area contributed by atoms with Crippen LogP contribution in [0.3, 0.4) is 0 Å². The lowest BCUT2D eigenvalue weighted by atomic mass is 9.93. The summed E-state index contributed by atoms with van der Waals surface area (Å²) in [6.07, 6.45) is -0.268. The van der Waals surface area contributed by atoms with Crippen LogP contribution in [0.4, 0.5) is 5.69 Å². The Morgan fingerprint density at radius 2 is 1.61 bits per heavy atom. The van der Waals surface area contributed by atoms with Gasteiger partial charge in [-0.2, -0.15) is 0 Å². The summed E-state index contributed by atoms with van der Waals surface area (Å²) in [5.74, 6) is 0. The number of thiocarbonyl (C=S) groups is 1. The molecule has 0 aliphatic carbocycles. The lowest BCUT2D eigenvalue weighted by Gasteiger charge is -2.28. The van der Waals surface area contributed by atoms with E-state index in [0.29, 0.717) is 5.17 Å². The van der Waals surface area contributed by atoms with Gasteiger partial charge in [0.1, 0.15) is 0 Å². The predicted octanol–water partition coefficient (Wildman–Crippen LogP) is 3.59. The molecule has 0 spiro atoms. The van der Waals surface area contributed by atoms with Crippen molar-refractivity contribution in [1.82, 2.24) is 5.06 Å². The minimum Gasteiger partial charge on any atom is -0.370 e. The Morgan fingerprint density at radius 3 is 2.26 bits per heavy atom. The molecular formula is C18H17N3OS. The Balaban J connectivity index is 1.79. The first-order chi connectivity index (χ1) is 11.1. The molecule has 1 unspecified atom stereocenters. The lowest BCUT2D eigenvalue weighted by Crippen LogP contribution is -2.47. The lowest BCUT2D eigenvalue weighted by molar-refractivity contribution is -0.108. The van der Waals surface area contributed by atoms with E-state index < -0.39 is 0 Å². The second-order valence-corrected chi connectivity index (χ2v) is 6.49. The zero-order chi connectivity index (χ0) is 16.0. The molecule has 2 aliphatic rings. The van der Waals surface area contributed by atoms with Crippen molar-refractivity contribution in [2.24, 2.45) is 4.99 Å². The third-order valence-corrected chi connectivity index (χ3v) is 4.54. The van der Waals surface area contributed by atoms with Gasteiger partial charge in [0.2, 0.25) is 6.29 Å². The molecule has 5 heteroatoms. The van der Waals surface area contributed by atoms with Crippen molar-refractivity contribution in [3.8, 4) is 0 Å². The van der Waals surface area contributed by atoms with Gasteiger partial charge in [-0.25, -0.2) is 4.99 Å². The Bertz CT molecular complexity index is 773. The SMILES string of the molecule is CC1(C)C(c2ccccc2)=NC2N(c3ccccc3)C(=S)ON21. The molecule has 0 saturated carbocycles. The predicted molar refractivity (Wildman–Crippen MR) is 95.3 cm³/mol. The monoisotopic (exact) mass is 323 g/mol. The molecule has 23 heavy (non-hydrogen) atoms. The van der Waals surface area contributed by atoms with Crippen LogP contribution in [0.2, 0.25) is 0 Å². The Kier molecular flexibility index (Phi) is 3.21. The Morgan fingerprint density at radius 1 is 1.00 bits per heavy atom. The highest BCUT2D eigenvalue weighted by molar-refractivity contribution is 7.80. The largest absolute Gasteiger partial charge is 0.370 e. The van der Waals surface area contributed by atoms with Crippen LogP contribution >= 0.6 is 12.2 Å². The molecule has 2 aromatic carbocycles. The minimum absolute atomic E-state index is 0.268. The molecule has 0 bridgehead atoms. The minimum atomic E-state index is -0.361. The zero-order valence-corrected chi connectivity index (χ0v) is 13.8. The van der Waals surface area contributed by atoms with E-state index in [1.165, 1.54) is 0 Å². The maximum absolute atomic E-state index is 5.90. The summed E-state index contributed by atoms with van der Waals surface area (Å²) >= 11 is 5.43. The molecule has 0 N–H and O–H groups in total. The number of hydrogen-bond donors (Lipinski definition) is 0. The highest BCUT2D eigenvalue weighted by atomic mass is 32.1. The Labute approximate surface area is 141 Å². The van der Waals surface area contributed by atoms with Gasteiger partial charge in [-0.05, 0) is 43.8 Å². The van der Waals surface area contributed by atoms with Crippen LogP contribution in [-0.2, 0) is 4.84 Å². The van der Waals surface area contributed by atoms with Gasteiger partial charge in [-0.15, -0.1) is 0 Å². The van der Waals surface area contributed by atoms with Gasteiger partial charge in [-0.1, -0.05) is 53.6 Å². The number of benzene rings is 2. The van der Waals surface area contributed by atoms with Crippen LogP contribution in [-0.4, -0.2) is 27.8 Å². The van der Waals surface area contributed by atoms with E-state index >= 15 is 0 Å². The fourth-order valence-electron chi connectivity index (χ4n) is 3.12. The van der Waals surface area contributed by atoms with Crippen molar-refractivity contribution in [3.63, 3.8) is 0 Å². The van der Waals surface area contributed by atoms with Crippen molar-refractivity contribution in [1.29, 1.82) is 0 Å². The van der Waals surface area contributed by atoms with Crippen LogP contribution < -0.4 is 4.90 Å². The first-order valence-electron chi connectivity index (χ1n) is 7.58. The van der Waals surface area contributed by atoms with Crippen LogP contribution in [0.25, 0.3) is 0 Å². The van der Waals surface area contributed by atoms with Crippen LogP contribution in [0.1, 0.15) is 19.4 Å². The fourth-order valence-corrected chi connectivity index (χ4v) is 3.40. The molecule has 2 aromatic rings. The van der Waals surface area contributed by atoms with Gasteiger partial charge in [0.25, 0.3) is 5.17 Å². The molecule has 1 saturated heterocycles. The van der Waals surface area contributed by atoms with Gasteiger partial charge in [-0.3, -0.25) is 4.90 Å². The molecule has 1 atom stereocenters. The summed E-state index contributed by atoms with van der Waals surface area (Å²) in [5.41, 5.74) is 2.74. The summed E-state index contributed by atoms with van der Waals surface area (Å²) in [7, 11) is 0. The summed E-state index contributed by atoms with van der Waals surface area (Å²) in [5, 5.41) is 2.31. The van der Waals surface area contributed by atoms with E-state index in [-0.39, 0.29) is 11.8 Å². The number of para-hydroxylation sites is 1. The number of fused-ring (bicyclic) bond motifs is 1. The van der Waals surface area contributed by atoms with Crippen molar-refractivity contribution < 1.29 is 4.84 Å². The van der Waals surface area contributed by atoms with E-state index in [4.69, 9.17) is 22.0 Å². The van der Waals surface area contributed by atoms with Crippen molar-refractivity contribution in [2.75, 3.05) is 4.90 Å². The van der Waals surface area contributed by atoms with Crippen LogP contribution in [0, 0.1) is 0 Å². The number of hydroxylamine groups is 2. The summed E-state index contributed by atoms with van der Waals surface area (Å²) in [6, 6.07) is 20.2. The molecule has 0 aromatic heterocycles. The van der Waals surface area contributed by atoms with Gasteiger partial charge in [0.05, 0.1) is 11.3 Å². The van der Waals surface area contributed by atoms with Crippen molar-refractivity contribution in [2.45, 2.75) is 25.7 Å². The van der Waals surface area contributed by atoms with E-state index in [2.05, 4.69) is 26.0 Å². The van der Waals surface area contributed by atoms with E-state index in [9.17, 15) is 0 Å². The van der Waals surface area contributed by atoms with Gasteiger partial charge < -0.3 is 4.84 Å². The van der Waals surface area contributed by atoms with Gasteiger partial charge in [0, 0.05) is 5.69 Å². The standard InChI is InChI=1S/C18H17N3OS/c1-18(2)15(13-9-5-3-6-10-13)19-16-20(17(23)22-21(16)18)14-11-7-4-8-12-14/h3-12,16H,1-2H3. The van der Waals surface area contributed by atoms with Gasteiger partial charge in [0.15, 0.2) is 0 Å². The normalized spacial score (nSPS) is 22.7. The highest BCUT2D eigenvalue weighted by Crippen LogP contribution is 2.39. The molecule has 2 heterocycles. The summed E-state index contributed by atoms with van der Waals surface area (Å²) in [6.45, 7) is 4.21. The van der Waals surface area contributed by atoms with E-state index in [0.717, 1.165) is 17.0 Å². The summed E-state index contributed by atoms with van der Waals surface area (Å²) in [4.78, 5) is 12.8. The number of aliphatic imine (C=N–C) groups is 1. The maximum atomic E-state index is 5.90. The number of anilines is 1. The Hall–Kier alpha value is -2.24. The van der Waals surface area contributed by atoms with E-state index in [1.54, 1.807) is 0 Å². The third-order valence-electron chi connectivity index (χ3n) is 4.27. The quantitative estimate of drug-likeness (QED) is 0.790. The van der Waals surface area contributed by atoms with Crippen molar-refractivity contribution >= 4 is 28.8 Å². The van der Waals surface area contributed by atoms with Gasteiger partial charge >= 0.3 is 0 Å². The third kappa shape index (κ3) is 2.16. The molecule has 4 rings (SSSR count). The molecule has 0 radical (unpaired) electrons. The second kappa shape index (κ2) is 5.15. The fraction of sp³-hybridized carbons (Fsp3) is 0.222. The molecular weight excluding hydrogens is 306 g/mol. The molecule has 1 fully saturated rings. The summed E-state index contributed by atoms with van der Waals surface area (Å²) < 4.78 is 0. The maximum Gasteiger partial charge on any atom is 0.288 e. The van der Waals surface area contributed by atoms with Crippen molar-refractivity contribution in [3.05, 3.63) is 66.2 Å². The average molecular weight is 323 g/mol. The number of hydrogen-bond acceptors (Lipinski definition) is 4. The molecule has 4 nitrogen and oxygen atoms in total. The first-order valence-corrected chi connectivity index (χ1v) is 7.99. The topological polar surface area (TPSA) is 28.1 Å². The zero-order valence-electron chi connectivity index (χ0n) is 13.0. The van der Waals surface area contributed by atoms with Crippen LogP contribution in [0.5, 0.6) is 0 Å². The second-order valence-electron chi connectivity index (χ2n) is 6.14. The smallest absolute Gasteiger partial charge is 0.288 e. The number of nitrogens with zero attached hydrogens (tertiary/aromatic N) is 3. The molecule has 116 valence electrons. The first kappa shape index (κ1) is 14.4. The average Bonchev–Trinajstić information content (AvgIpc) is 3.02.